The summed E-state index contributed by atoms with van der Waals surface area (Å²) in [5, 5.41) is 0. The van der Waals surface area contributed by atoms with Crippen LogP contribution in [0.15, 0.2) is 72.0 Å². The second kappa shape index (κ2) is 13.1. The third-order valence-electron chi connectivity index (χ3n) is 6.08. The zero-order valence-corrected chi connectivity index (χ0v) is 21.9. The number of hydrogen-bond donors (Lipinski definition) is 1. The number of rotatable bonds is 6. The van der Waals surface area contributed by atoms with Gasteiger partial charge in [-0.05, 0) is 71.8 Å². The molecular formula is C27H38N5O3S-. The van der Waals surface area contributed by atoms with Crippen LogP contribution in [-0.4, -0.2) is 55.7 Å². The Bertz CT molecular complexity index is 1130. The summed E-state index contributed by atoms with van der Waals surface area (Å²) in [5.74, 6) is 1.14. The fourth-order valence-electron chi connectivity index (χ4n) is 4.08. The van der Waals surface area contributed by atoms with E-state index in [1.807, 2.05) is 24.0 Å². The molecule has 0 bridgehead atoms. The van der Waals surface area contributed by atoms with Crippen molar-refractivity contribution in [1.82, 2.24) is 14.9 Å². The van der Waals surface area contributed by atoms with Gasteiger partial charge in [0, 0.05) is 45.8 Å². The minimum absolute atomic E-state index is 0. The first-order valence-corrected chi connectivity index (χ1v) is 13.2. The van der Waals surface area contributed by atoms with Gasteiger partial charge in [0.05, 0.1) is 5.92 Å². The van der Waals surface area contributed by atoms with Crippen molar-refractivity contribution in [2.75, 3.05) is 36.8 Å². The highest BCUT2D eigenvalue weighted by atomic mass is 32.2. The maximum absolute atomic E-state index is 13.0. The van der Waals surface area contributed by atoms with Gasteiger partial charge in [-0.2, -0.15) is 0 Å². The Morgan fingerprint density at radius 3 is 2.14 bits per heavy atom. The van der Waals surface area contributed by atoms with E-state index in [4.69, 9.17) is 5.73 Å². The first-order chi connectivity index (χ1) is 17.2. The van der Waals surface area contributed by atoms with Crippen LogP contribution in [0.5, 0.6) is 0 Å². The lowest BCUT2D eigenvalue weighted by Crippen LogP contribution is -2.49. The van der Waals surface area contributed by atoms with Gasteiger partial charge in [-0.3, -0.25) is 9.00 Å². The number of nitrogens with zero attached hydrogens (tertiary/aromatic N) is 4. The van der Waals surface area contributed by atoms with Crippen LogP contribution in [-0.2, 0) is 22.3 Å². The molecule has 9 heteroatoms. The number of carbonyl (C=O) groups excluding carboxylic acids is 1. The van der Waals surface area contributed by atoms with Gasteiger partial charge in [0.1, 0.15) is 12.1 Å². The topological polar surface area (TPSA) is 115 Å². The minimum Gasteiger partial charge on any atom is -0.768 e. The monoisotopic (exact) mass is 512 g/mol. The molecule has 1 aliphatic heterocycles. The number of carbonyl (C=O) groups is 1. The molecule has 196 valence electrons. The van der Waals surface area contributed by atoms with Gasteiger partial charge in [0.25, 0.3) is 0 Å². The molecule has 1 unspecified atom stereocenters. The number of benzene rings is 2. The lowest BCUT2D eigenvalue weighted by Gasteiger charge is -2.37. The molecule has 1 fully saturated rings. The Morgan fingerprint density at radius 1 is 1.03 bits per heavy atom. The number of hydrogen-bond acceptors (Lipinski definition) is 7. The molecular weight excluding hydrogens is 474 g/mol. The Balaban J connectivity index is 0.000000697. The number of aromatic nitrogens is 2. The van der Waals surface area contributed by atoms with Crippen molar-refractivity contribution in [3.63, 3.8) is 0 Å². The highest BCUT2D eigenvalue weighted by molar-refractivity contribution is 7.79. The van der Waals surface area contributed by atoms with Crippen LogP contribution in [0, 0.1) is 5.92 Å². The fraction of sp³-hybridized carbons (Fsp3) is 0.370. The van der Waals surface area contributed by atoms with Crippen molar-refractivity contribution in [3.8, 4) is 0 Å². The quantitative estimate of drug-likeness (QED) is 0.494. The van der Waals surface area contributed by atoms with Gasteiger partial charge >= 0.3 is 0 Å². The van der Waals surface area contributed by atoms with Crippen molar-refractivity contribution >= 4 is 28.5 Å². The van der Waals surface area contributed by atoms with Crippen LogP contribution in [0.1, 0.15) is 40.7 Å². The second-order valence-corrected chi connectivity index (χ2v) is 10.2. The van der Waals surface area contributed by atoms with Gasteiger partial charge in [-0.15, -0.1) is 0 Å². The standard InChI is InChI=1S/C23H30N2O3S.C4H5N3.2H2/c1-17(2)16-19-4-6-20(7-5-19)18(3)23(26)25-14-12-24(13-15-25)21-8-10-22(11-9-21)29(27)28;5-4-1-2-6-3-7-4;;/h4-11,17-18H,12-16H2,1-3H3,(H,27,28);1-3H,(H2,5,6,7);2*1H/p-1/t18-;;;/m0.../s1. The van der Waals surface area contributed by atoms with E-state index in [2.05, 4.69) is 53.0 Å². The average Bonchev–Trinajstić information content (AvgIpc) is 2.89. The molecule has 2 N–H and O–H groups in total. The van der Waals surface area contributed by atoms with Gasteiger partial charge in [0.15, 0.2) is 0 Å². The Morgan fingerprint density at radius 2 is 1.67 bits per heavy atom. The lowest BCUT2D eigenvalue weighted by molar-refractivity contribution is -0.132. The second-order valence-electron chi connectivity index (χ2n) is 9.24. The van der Waals surface area contributed by atoms with E-state index in [1.54, 1.807) is 24.4 Å². The van der Waals surface area contributed by atoms with E-state index < -0.39 is 11.1 Å². The molecule has 8 nitrogen and oxygen atoms in total. The Kier molecular flexibility index (Phi) is 9.95. The first kappa shape index (κ1) is 27.3. The Hall–Kier alpha value is -3.30. The van der Waals surface area contributed by atoms with Crippen LogP contribution >= 0.6 is 0 Å². The molecule has 0 spiro atoms. The summed E-state index contributed by atoms with van der Waals surface area (Å²) in [6.45, 7) is 9.22. The summed E-state index contributed by atoms with van der Waals surface area (Å²) in [6, 6.07) is 16.9. The maximum Gasteiger partial charge on any atom is 0.229 e. The van der Waals surface area contributed by atoms with E-state index in [0.29, 0.717) is 24.8 Å². The molecule has 36 heavy (non-hydrogen) atoms. The van der Waals surface area contributed by atoms with Crippen LogP contribution in [0.3, 0.4) is 0 Å². The molecule has 1 aliphatic rings. The summed E-state index contributed by atoms with van der Waals surface area (Å²) in [7, 11) is 0. The summed E-state index contributed by atoms with van der Waals surface area (Å²) in [4.78, 5) is 24.7. The van der Waals surface area contributed by atoms with Crippen molar-refractivity contribution in [2.45, 2.75) is 38.0 Å². The van der Waals surface area contributed by atoms with Crippen LogP contribution in [0.4, 0.5) is 11.5 Å². The van der Waals surface area contributed by atoms with Crippen LogP contribution in [0.25, 0.3) is 0 Å². The largest absolute Gasteiger partial charge is 0.768 e. The maximum atomic E-state index is 13.0. The minimum atomic E-state index is -2.20. The van der Waals surface area contributed by atoms with Crippen LogP contribution < -0.4 is 10.6 Å². The Labute approximate surface area is 218 Å². The zero-order valence-electron chi connectivity index (χ0n) is 21.0. The number of nitrogens with two attached hydrogens (primary N) is 1. The van der Waals surface area contributed by atoms with E-state index in [1.165, 1.54) is 11.9 Å². The van der Waals surface area contributed by atoms with Crippen LogP contribution in [0.2, 0.25) is 0 Å². The summed E-state index contributed by atoms with van der Waals surface area (Å²) in [5.41, 5.74) is 8.56. The molecule has 3 aromatic rings. The van der Waals surface area contributed by atoms with Crippen molar-refractivity contribution < 1.29 is 16.4 Å². The molecule has 2 aromatic carbocycles. The van der Waals surface area contributed by atoms with Gasteiger partial charge < -0.3 is 20.1 Å². The zero-order chi connectivity index (χ0) is 26.1. The summed E-state index contributed by atoms with van der Waals surface area (Å²) >= 11 is -2.20. The third kappa shape index (κ3) is 7.86. The number of nitrogen functional groups attached to an aromatic ring is 1. The fourth-order valence-corrected chi connectivity index (χ4v) is 4.44. The predicted molar refractivity (Wildman–Crippen MR) is 146 cm³/mol. The SMILES string of the molecule is CC(C)Cc1ccc([C@H](C)C(=O)N2CCN(c3ccc(S(=O)[O-])cc3)CC2)cc1.Nc1ccncn1.[HH].[HH]. The number of anilines is 2. The third-order valence-corrected chi connectivity index (χ3v) is 6.74. The summed E-state index contributed by atoms with van der Waals surface area (Å²) < 4.78 is 22.0. The molecule has 0 radical (unpaired) electrons. The van der Waals surface area contributed by atoms with E-state index in [0.717, 1.165) is 30.8 Å². The highest BCUT2D eigenvalue weighted by Crippen LogP contribution is 2.23. The molecule has 4 rings (SSSR count). The van der Waals surface area contributed by atoms with E-state index in [9.17, 15) is 13.6 Å². The lowest BCUT2D eigenvalue weighted by atomic mass is 9.95. The first-order valence-electron chi connectivity index (χ1n) is 12.1. The van der Waals surface area contributed by atoms with E-state index >= 15 is 0 Å². The van der Waals surface area contributed by atoms with Crippen molar-refractivity contribution in [1.29, 1.82) is 0 Å². The molecule has 0 aliphatic carbocycles. The van der Waals surface area contributed by atoms with Crippen molar-refractivity contribution in [3.05, 3.63) is 78.2 Å². The summed E-state index contributed by atoms with van der Waals surface area (Å²) in [6.07, 6.45) is 4.06. The van der Waals surface area contributed by atoms with Gasteiger partial charge in [0.2, 0.25) is 5.91 Å². The normalized spacial score (nSPS) is 15.1. The van der Waals surface area contributed by atoms with Gasteiger partial charge in [-0.25, -0.2) is 9.97 Å². The number of amides is 1. The molecule has 1 aromatic heterocycles. The molecule has 2 atom stereocenters. The van der Waals surface area contributed by atoms with Gasteiger partial charge in [-0.1, -0.05) is 38.1 Å². The molecule has 1 amide bonds. The molecule has 0 saturated carbocycles. The molecule has 2 heterocycles. The van der Waals surface area contributed by atoms with Crippen molar-refractivity contribution in [2.24, 2.45) is 5.92 Å². The molecule has 1 saturated heterocycles. The number of piperazine rings is 1. The highest BCUT2D eigenvalue weighted by Gasteiger charge is 2.26. The predicted octanol–water partition coefficient (Wildman–Crippen LogP) is 4.13. The smallest absolute Gasteiger partial charge is 0.229 e. The van der Waals surface area contributed by atoms with E-state index in [-0.39, 0.29) is 19.6 Å². The average molecular weight is 513 g/mol.